The molecule has 0 heterocycles. The van der Waals surface area contributed by atoms with Crippen LogP contribution < -0.4 is 0 Å². The summed E-state index contributed by atoms with van der Waals surface area (Å²) in [5, 5.41) is 9.01. The molecule has 2 aromatic carbocycles. The van der Waals surface area contributed by atoms with Crippen molar-refractivity contribution < 1.29 is 9.90 Å². The van der Waals surface area contributed by atoms with Gasteiger partial charge in [-0.1, -0.05) is 48.0 Å². The molecule has 1 atom stereocenters. The van der Waals surface area contributed by atoms with E-state index in [1.54, 1.807) is 11.8 Å². The summed E-state index contributed by atoms with van der Waals surface area (Å²) in [4.78, 5) is 12.1. The van der Waals surface area contributed by atoms with Crippen LogP contribution in [-0.2, 0) is 4.79 Å². The molecular weight excluding hydrogens is 256 g/mol. The van der Waals surface area contributed by atoms with E-state index in [1.807, 2.05) is 55.5 Å². The second-order valence-electron chi connectivity index (χ2n) is 4.43. The topological polar surface area (TPSA) is 37.3 Å². The standard InChI is InChI=1S/C16H16O2S/c1-12-6-5-9-14(10-12)19-15(11-16(17)18)13-7-3-2-4-8-13/h2-10,15H,11H2,1H3,(H,17,18). The number of carbonyl (C=O) groups is 1. The molecule has 0 aliphatic carbocycles. The second-order valence-corrected chi connectivity index (χ2v) is 5.71. The highest BCUT2D eigenvalue weighted by Crippen LogP contribution is 2.37. The van der Waals surface area contributed by atoms with Crippen LogP contribution in [0.5, 0.6) is 0 Å². The molecule has 1 N–H and O–H groups in total. The molecule has 2 nitrogen and oxygen atoms in total. The van der Waals surface area contributed by atoms with Crippen molar-refractivity contribution >= 4 is 17.7 Å². The van der Waals surface area contributed by atoms with Crippen molar-refractivity contribution in [3.63, 3.8) is 0 Å². The zero-order chi connectivity index (χ0) is 13.7. The number of aryl methyl sites for hydroxylation is 1. The van der Waals surface area contributed by atoms with Crippen molar-refractivity contribution in [1.82, 2.24) is 0 Å². The van der Waals surface area contributed by atoms with Crippen LogP contribution in [0.15, 0.2) is 59.5 Å². The van der Waals surface area contributed by atoms with Gasteiger partial charge in [0.15, 0.2) is 0 Å². The predicted molar refractivity (Wildman–Crippen MR) is 78.5 cm³/mol. The maximum Gasteiger partial charge on any atom is 0.304 e. The number of carboxylic acids is 1. The first-order valence-corrected chi connectivity index (χ1v) is 7.03. The lowest BCUT2D eigenvalue weighted by Crippen LogP contribution is -2.03. The number of thioether (sulfide) groups is 1. The molecule has 0 aromatic heterocycles. The summed E-state index contributed by atoms with van der Waals surface area (Å²) < 4.78 is 0. The quantitative estimate of drug-likeness (QED) is 0.824. The Kier molecular flexibility index (Phi) is 4.63. The second kappa shape index (κ2) is 6.43. The highest BCUT2D eigenvalue weighted by Gasteiger charge is 2.16. The smallest absolute Gasteiger partial charge is 0.304 e. The average Bonchev–Trinajstić information content (AvgIpc) is 2.38. The molecule has 0 amide bonds. The van der Waals surface area contributed by atoms with Gasteiger partial charge in [-0.2, -0.15) is 0 Å². The summed E-state index contributed by atoms with van der Waals surface area (Å²) in [5.74, 6) is -0.769. The van der Waals surface area contributed by atoms with Crippen molar-refractivity contribution in [2.75, 3.05) is 0 Å². The van der Waals surface area contributed by atoms with Gasteiger partial charge in [0.05, 0.1) is 6.42 Å². The Labute approximate surface area is 117 Å². The Morgan fingerprint density at radius 2 is 1.89 bits per heavy atom. The Bertz CT molecular complexity index is 552. The summed E-state index contributed by atoms with van der Waals surface area (Å²) >= 11 is 1.60. The number of aliphatic carboxylic acids is 1. The van der Waals surface area contributed by atoms with E-state index in [2.05, 4.69) is 6.07 Å². The lowest BCUT2D eigenvalue weighted by Gasteiger charge is -2.15. The van der Waals surface area contributed by atoms with Crippen molar-refractivity contribution in [2.45, 2.75) is 23.5 Å². The summed E-state index contributed by atoms with van der Waals surface area (Å²) in [6.45, 7) is 2.04. The van der Waals surface area contributed by atoms with E-state index in [0.717, 1.165) is 10.5 Å². The summed E-state index contributed by atoms with van der Waals surface area (Å²) in [6.07, 6.45) is 0.128. The first-order chi connectivity index (χ1) is 9.15. The minimum atomic E-state index is -0.769. The SMILES string of the molecule is Cc1cccc(SC(CC(=O)O)c2ccccc2)c1. The lowest BCUT2D eigenvalue weighted by molar-refractivity contribution is -0.137. The first kappa shape index (κ1) is 13.7. The van der Waals surface area contributed by atoms with Gasteiger partial charge in [-0.05, 0) is 24.6 Å². The Morgan fingerprint density at radius 1 is 1.16 bits per heavy atom. The number of carboxylic acid groups (broad SMARTS) is 1. The monoisotopic (exact) mass is 272 g/mol. The van der Waals surface area contributed by atoms with Crippen LogP contribution in [0.25, 0.3) is 0 Å². The van der Waals surface area contributed by atoms with Crippen LogP contribution >= 0.6 is 11.8 Å². The molecule has 0 aliphatic rings. The van der Waals surface area contributed by atoms with Crippen molar-refractivity contribution in [3.8, 4) is 0 Å². The Balaban J connectivity index is 2.21. The predicted octanol–water partition coefficient (Wildman–Crippen LogP) is 4.30. The molecule has 3 heteroatoms. The van der Waals surface area contributed by atoms with Gasteiger partial charge < -0.3 is 5.11 Å². The molecule has 0 spiro atoms. The van der Waals surface area contributed by atoms with Crippen molar-refractivity contribution in [3.05, 3.63) is 65.7 Å². The van der Waals surface area contributed by atoms with Crippen molar-refractivity contribution in [1.29, 1.82) is 0 Å². The third-order valence-corrected chi connectivity index (χ3v) is 4.05. The molecule has 0 bridgehead atoms. The van der Waals surface area contributed by atoms with Crippen LogP contribution in [0.1, 0.15) is 22.8 Å². The fraction of sp³-hybridized carbons (Fsp3) is 0.188. The van der Waals surface area contributed by atoms with E-state index in [9.17, 15) is 4.79 Å². The maximum atomic E-state index is 11.0. The fourth-order valence-electron chi connectivity index (χ4n) is 1.91. The molecule has 0 saturated carbocycles. The minimum Gasteiger partial charge on any atom is -0.481 e. The highest BCUT2D eigenvalue weighted by molar-refractivity contribution is 7.99. The molecule has 1 unspecified atom stereocenters. The molecule has 19 heavy (non-hydrogen) atoms. The van der Waals surface area contributed by atoms with Crippen LogP contribution in [0.3, 0.4) is 0 Å². The van der Waals surface area contributed by atoms with E-state index in [1.165, 1.54) is 5.56 Å². The van der Waals surface area contributed by atoms with Gasteiger partial charge in [-0.25, -0.2) is 0 Å². The summed E-state index contributed by atoms with van der Waals surface area (Å²) in [5.41, 5.74) is 2.24. The van der Waals surface area contributed by atoms with Gasteiger partial charge in [-0.15, -0.1) is 11.8 Å². The Hall–Kier alpha value is -1.74. The highest BCUT2D eigenvalue weighted by atomic mass is 32.2. The molecule has 2 rings (SSSR count). The Morgan fingerprint density at radius 3 is 2.53 bits per heavy atom. The largest absolute Gasteiger partial charge is 0.481 e. The fourth-order valence-corrected chi connectivity index (χ4v) is 3.17. The summed E-state index contributed by atoms with van der Waals surface area (Å²) in [7, 11) is 0. The van der Waals surface area contributed by atoms with Crippen LogP contribution in [0.2, 0.25) is 0 Å². The maximum absolute atomic E-state index is 11.0. The van der Waals surface area contributed by atoms with E-state index in [-0.39, 0.29) is 11.7 Å². The van der Waals surface area contributed by atoms with E-state index >= 15 is 0 Å². The van der Waals surface area contributed by atoms with Crippen LogP contribution in [0, 0.1) is 6.92 Å². The number of benzene rings is 2. The first-order valence-electron chi connectivity index (χ1n) is 6.15. The molecule has 0 saturated heterocycles. The van der Waals surface area contributed by atoms with Gasteiger partial charge in [-0.3, -0.25) is 4.79 Å². The van der Waals surface area contributed by atoms with Crippen molar-refractivity contribution in [2.24, 2.45) is 0 Å². The third kappa shape index (κ3) is 4.14. The number of hydrogen-bond acceptors (Lipinski definition) is 2. The zero-order valence-electron chi connectivity index (χ0n) is 10.7. The zero-order valence-corrected chi connectivity index (χ0v) is 11.6. The molecular formula is C16H16O2S. The van der Waals surface area contributed by atoms with Gasteiger partial charge >= 0.3 is 5.97 Å². The third-order valence-electron chi connectivity index (χ3n) is 2.80. The molecule has 98 valence electrons. The molecule has 0 fully saturated rings. The van der Waals surface area contributed by atoms with E-state index < -0.39 is 5.97 Å². The van der Waals surface area contributed by atoms with Gasteiger partial charge in [0.2, 0.25) is 0 Å². The molecule has 0 aliphatic heterocycles. The van der Waals surface area contributed by atoms with Gasteiger partial charge in [0.25, 0.3) is 0 Å². The van der Waals surface area contributed by atoms with Crippen LogP contribution in [0.4, 0.5) is 0 Å². The minimum absolute atomic E-state index is 0.0551. The van der Waals surface area contributed by atoms with Crippen LogP contribution in [-0.4, -0.2) is 11.1 Å². The van der Waals surface area contributed by atoms with Gasteiger partial charge in [0, 0.05) is 10.1 Å². The van der Waals surface area contributed by atoms with Gasteiger partial charge in [0.1, 0.15) is 0 Å². The van der Waals surface area contributed by atoms with E-state index in [0.29, 0.717) is 0 Å². The average molecular weight is 272 g/mol. The number of hydrogen-bond donors (Lipinski definition) is 1. The molecule has 2 aromatic rings. The molecule has 0 radical (unpaired) electrons. The van der Waals surface area contributed by atoms with E-state index in [4.69, 9.17) is 5.11 Å². The lowest BCUT2D eigenvalue weighted by atomic mass is 10.1. The summed E-state index contributed by atoms with van der Waals surface area (Å²) in [6, 6.07) is 17.9. The number of rotatable bonds is 5. The normalized spacial score (nSPS) is 12.1.